The van der Waals surface area contributed by atoms with Crippen molar-refractivity contribution >= 4 is 40.1 Å². The first-order valence-electron chi connectivity index (χ1n) is 10.8. The van der Waals surface area contributed by atoms with Gasteiger partial charge >= 0.3 is 0 Å². The Hall–Kier alpha value is -3.65. The average molecular weight is 478 g/mol. The van der Waals surface area contributed by atoms with Crippen molar-refractivity contribution in [2.45, 2.75) is 18.1 Å². The van der Waals surface area contributed by atoms with E-state index in [2.05, 4.69) is 10.3 Å². The maximum absolute atomic E-state index is 13.2. The minimum absolute atomic E-state index is 0.00623. The predicted molar refractivity (Wildman–Crippen MR) is 133 cm³/mol. The molecule has 1 atom stereocenters. The molecule has 3 aromatic carbocycles. The molecule has 4 rings (SSSR count). The second kappa shape index (κ2) is 11.0. The number of nitrogens with zero attached hydrogens (tertiary/aromatic N) is 2. The molecule has 1 aliphatic rings. The van der Waals surface area contributed by atoms with Gasteiger partial charge < -0.3 is 10.1 Å². The summed E-state index contributed by atoms with van der Waals surface area (Å²) in [6.45, 7) is 0.444. The van der Waals surface area contributed by atoms with Gasteiger partial charge in [0.2, 0.25) is 11.8 Å². The van der Waals surface area contributed by atoms with Gasteiger partial charge in [0.05, 0.1) is 12.8 Å². The van der Waals surface area contributed by atoms with E-state index < -0.39 is 5.25 Å². The SMILES string of the molecule is COc1ccc(CCN2C(=O)[C@@H](CC(=O)Nc3ccc(F)cc3)SC2=Nc2ccccc2)cc1. The number of benzene rings is 3. The number of para-hydroxylation sites is 1. The summed E-state index contributed by atoms with van der Waals surface area (Å²) in [6.07, 6.45) is 0.631. The molecule has 1 saturated heterocycles. The van der Waals surface area contributed by atoms with Crippen LogP contribution >= 0.6 is 11.8 Å². The first-order valence-corrected chi connectivity index (χ1v) is 11.7. The van der Waals surface area contributed by atoms with Gasteiger partial charge in [0.1, 0.15) is 16.8 Å². The number of thioether (sulfide) groups is 1. The molecule has 0 spiro atoms. The summed E-state index contributed by atoms with van der Waals surface area (Å²) in [5, 5.41) is 2.71. The van der Waals surface area contributed by atoms with Crippen LogP contribution in [0.25, 0.3) is 0 Å². The number of methoxy groups -OCH3 is 1. The Morgan fingerprint density at radius 2 is 1.76 bits per heavy atom. The zero-order chi connectivity index (χ0) is 23.9. The van der Waals surface area contributed by atoms with Gasteiger partial charge in [-0.05, 0) is 60.5 Å². The standard InChI is InChI=1S/C26H24FN3O3S/c1-33-22-13-7-18(8-14-22)15-16-30-25(32)23(34-26(30)29-20-5-3-2-4-6-20)17-24(31)28-21-11-9-19(27)10-12-21/h2-14,23H,15-17H2,1H3,(H,28,31)/t23-/m1/s1. The normalized spacial score (nSPS) is 16.6. The van der Waals surface area contributed by atoms with Gasteiger partial charge in [-0.1, -0.05) is 42.1 Å². The molecule has 1 fully saturated rings. The Morgan fingerprint density at radius 3 is 2.44 bits per heavy atom. The molecule has 0 unspecified atom stereocenters. The van der Waals surface area contributed by atoms with Gasteiger partial charge in [-0.3, -0.25) is 14.5 Å². The van der Waals surface area contributed by atoms with Crippen LogP contribution < -0.4 is 10.1 Å². The summed E-state index contributed by atoms with van der Waals surface area (Å²) >= 11 is 1.29. The lowest BCUT2D eigenvalue weighted by molar-refractivity contribution is -0.128. The predicted octanol–water partition coefficient (Wildman–Crippen LogP) is 5.04. The van der Waals surface area contributed by atoms with Crippen LogP contribution in [0.1, 0.15) is 12.0 Å². The monoisotopic (exact) mass is 477 g/mol. The van der Waals surface area contributed by atoms with Gasteiger partial charge in [0.15, 0.2) is 5.17 Å². The Kier molecular flexibility index (Phi) is 7.59. The Balaban J connectivity index is 1.47. The van der Waals surface area contributed by atoms with Crippen molar-refractivity contribution in [2.24, 2.45) is 4.99 Å². The second-order valence-electron chi connectivity index (χ2n) is 7.68. The number of hydrogen-bond acceptors (Lipinski definition) is 5. The first-order chi connectivity index (χ1) is 16.5. The lowest BCUT2D eigenvalue weighted by atomic mass is 10.1. The molecule has 1 N–H and O–H groups in total. The second-order valence-corrected chi connectivity index (χ2v) is 8.85. The Labute approximate surface area is 201 Å². The highest BCUT2D eigenvalue weighted by molar-refractivity contribution is 8.15. The summed E-state index contributed by atoms with van der Waals surface area (Å²) in [6, 6.07) is 22.6. The molecular formula is C26H24FN3O3S. The fraction of sp³-hybridized carbons (Fsp3) is 0.192. The van der Waals surface area contributed by atoms with E-state index in [0.717, 1.165) is 17.0 Å². The summed E-state index contributed by atoms with van der Waals surface area (Å²) in [7, 11) is 1.62. The van der Waals surface area contributed by atoms with Gasteiger partial charge in [0, 0.05) is 18.7 Å². The molecular weight excluding hydrogens is 453 g/mol. The minimum atomic E-state index is -0.584. The van der Waals surface area contributed by atoms with E-state index in [4.69, 9.17) is 4.74 Å². The molecule has 0 aromatic heterocycles. The van der Waals surface area contributed by atoms with Crippen LogP contribution in [0.3, 0.4) is 0 Å². The number of ether oxygens (including phenoxy) is 1. The molecule has 0 bridgehead atoms. The molecule has 3 aromatic rings. The number of carbonyl (C=O) groups is 2. The summed E-state index contributed by atoms with van der Waals surface area (Å²) in [5.74, 6) is -0.0696. The highest BCUT2D eigenvalue weighted by Crippen LogP contribution is 2.32. The van der Waals surface area contributed by atoms with Crippen LogP contribution in [0.5, 0.6) is 5.75 Å². The third kappa shape index (κ3) is 6.02. The smallest absolute Gasteiger partial charge is 0.242 e. The minimum Gasteiger partial charge on any atom is -0.497 e. The van der Waals surface area contributed by atoms with E-state index in [-0.39, 0.29) is 24.1 Å². The molecule has 0 radical (unpaired) electrons. The number of nitrogens with one attached hydrogen (secondary N) is 1. The maximum atomic E-state index is 13.2. The zero-order valence-corrected chi connectivity index (χ0v) is 19.4. The fourth-order valence-corrected chi connectivity index (χ4v) is 4.67. The van der Waals surface area contributed by atoms with Crippen molar-refractivity contribution in [3.05, 3.63) is 90.2 Å². The van der Waals surface area contributed by atoms with E-state index in [0.29, 0.717) is 23.8 Å². The highest BCUT2D eigenvalue weighted by atomic mass is 32.2. The van der Waals surface area contributed by atoms with Crippen molar-refractivity contribution in [3.8, 4) is 5.75 Å². The van der Waals surface area contributed by atoms with Gasteiger partial charge in [-0.25, -0.2) is 9.38 Å². The first kappa shape index (κ1) is 23.5. The van der Waals surface area contributed by atoms with Crippen LogP contribution in [-0.4, -0.2) is 40.8 Å². The van der Waals surface area contributed by atoms with Crippen LogP contribution in [0.15, 0.2) is 83.9 Å². The van der Waals surface area contributed by atoms with Crippen molar-refractivity contribution in [3.63, 3.8) is 0 Å². The number of hydrogen-bond donors (Lipinski definition) is 1. The lowest BCUT2D eigenvalue weighted by Crippen LogP contribution is -2.35. The topological polar surface area (TPSA) is 71.0 Å². The number of aliphatic imine (C=N–C) groups is 1. The van der Waals surface area contributed by atoms with E-state index in [1.807, 2.05) is 54.6 Å². The van der Waals surface area contributed by atoms with E-state index in [9.17, 15) is 14.0 Å². The number of amidine groups is 1. The summed E-state index contributed by atoms with van der Waals surface area (Å²) in [4.78, 5) is 32.1. The molecule has 8 heteroatoms. The van der Waals surface area contributed by atoms with Crippen molar-refractivity contribution in [1.29, 1.82) is 0 Å². The molecule has 34 heavy (non-hydrogen) atoms. The van der Waals surface area contributed by atoms with Crippen LogP contribution in [0.2, 0.25) is 0 Å². The van der Waals surface area contributed by atoms with Gasteiger partial charge in [-0.15, -0.1) is 0 Å². The highest BCUT2D eigenvalue weighted by Gasteiger charge is 2.39. The largest absolute Gasteiger partial charge is 0.497 e. The van der Waals surface area contributed by atoms with Crippen LogP contribution in [0, 0.1) is 5.82 Å². The lowest BCUT2D eigenvalue weighted by Gasteiger charge is -2.16. The third-order valence-corrected chi connectivity index (χ3v) is 6.46. The summed E-state index contributed by atoms with van der Waals surface area (Å²) in [5.41, 5.74) is 2.29. The van der Waals surface area contributed by atoms with Crippen LogP contribution in [0.4, 0.5) is 15.8 Å². The van der Waals surface area contributed by atoms with Crippen molar-refractivity contribution in [2.75, 3.05) is 19.0 Å². The molecule has 1 aliphatic heterocycles. The number of rotatable bonds is 8. The van der Waals surface area contributed by atoms with Crippen LogP contribution in [-0.2, 0) is 16.0 Å². The quantitative estimate of drug-likeness (QED) is 0.494. The maximum Gasteiger partial charge on any atom is 0.242 e. The number of anilines is 1. The van der Waals surface area contributed by atoms with Crippen molar-refractivity contribution in [1.82, 2.24) is 4.90 Å². The molecule has 0 aliphatic carbocycles. The molecule has 6 nitrogen and oxygen atoms in total. The van der Waals surface area contributed by atoms with Gasteiger partial charge in [0.25, 0.3) is 0 Å². The molecule has 0 saturated carbocycles. The molecule has 2 amide bonds. The van der Waals surface area contributed by atoms with E-state index >= 15 is 0 Å². The third-order valence-electron chi connectivity index (χ3n) is 5.28. The Morgan fingerprint density at radius 1 is 1.06 bits per heavy atom. The summed E-state index contributed by atoms with van der Waals surface area (Å²) < 4.78 is 18.3. The molecule has 174 valence electrons. The Bertz CT molecular complexity index is 1170. The number of halogens is 1. The van der Waals surface area contributed by atoms with Gasteiger partial charge in [-0.2, -0.15) is 0 Å². The van der Waals surface area contributed by atoms with E-state index in [1.165, 1.54) is 36.0 Å². The number of amides is 2. The zero-order valence-electron chi connectivity index (χ0n) is 18.6. The molecule has 1 heterocycles. The van der Waals surface area contributed by atoms with E-state index in [1.54, 1.807) is 12.0 Å². The number of carbonyl (C=O) groups excluding carboxylic acids is 2. The fourth-order valence-electron chi connectivity index (χ4n) is 3.49. The average Bonchev–Trinajstić information content (AvgIpc) is 3.13. The van der Waals surface area contributed by atoms with Crippen molar-refractivity contribution < 1.29 is 18.7 Å².